The number of rotatable bonds is 8. The molecular formula is C19H28N2O3. The van der Waals surface area contributed by atoms with Gasteiger partial charge in [0.05, 0.1) is 0 Å². The van der Waals surface area contributed by atoms with Gasteiger partial charge in [-0.05, 0) is 44.2 Å². The van der Waals surface area contributed by atoms with Crippen molar-refractivity contribution >= 4 is 17.5 Å². The molecule has 1 fully saturated rings. The van der Waals surface area contributed by atoms with Crippen LogP contribution in [0.1, 0.15) is 46.5 Å². The van der Waals surface area contributed by atoms with Gasteiger partial charge in [0.25, 0.3) is 5.91 Å². The Labute approximate surface area is 144 Å². The molecule has 0 aliphatic carbocycles. The lowest BCUT2D eigenvalue weighted by molar-refractivity contribution is -0.123. The van der Waals surface area contributed by atoms with E-state index in [2.05, 4.69) is 19.2 Å². The molecule has 0 saturated carbocycles. The Bertz CT molecular complexity index is 571. The Hall–Kier alpha value is -2.04. The van der Waals surface area contributed by atoms with Crippen molar-refractivity contribution in [1.82, 2.24) is 5.32 Å². The highest BCUT2D eigenvalue weighted by atomic mass is 16.5. The van der Waals surface area contributed by atoms with Crippen molar-refractivity contribution in [3.8, 4) is 5.75 Å². The predicted molar refractivity (Wildman–Crippen MR) is 95.2 cm³/mol. The van der Waals surface area contributed by atoms with Crippen LogP contribution in [0.5, 0.6) is 5.75 Å². The Morgan fingerprint density at radius 2 is 2.08 bits per heavy atom. The second kappa shape index (κ2) is 8.71. The molecule has 24 heavy (non-hydrogen) atoms. The average Bonchev–Trinajstić information content (AvgIpc) is 2.97. The van der Waals surface area contributed by atoms with Gasteiger partial charge in [0.15, 0.2) is 6.61 Å². The maximum Gasteiger partial charge on any atom is 0.258 e. The van der Waals surface area contributed by atoms with Crippen molar-refractivity contribution in [3.63, 3.8) is 0 Å². The zero-order valence-corrected chi connectivity index (χ0v) is 14.9. The van der Waals surface area contributed by atoms with Gasteiger partial charge in [-0.3, -0.25) is 9.59 Å². The maximum absolute atomic E-state index is 12.0. The Kier molecular flexibility index (Phi) is 6.64. The molecule has 1 aromatic carbocycles. The van der Waals surface area contributed by atoms with Crippen LogP contribution in [0.2, 0.25) is 0 Å². The summed E-state index contributed by atoms with van der Waals surface area (Å²) in [6.07, 6.45) is 3.55. The first-order chi connectivity index (χ1) is 11.5. The number of carbonyl (C=O) groups excluding carboxylic acids is 2. The van der Waals surface area contributed by atoms with Crippen LogP contribution in [0, 0.1) is 5.92 Å². The van der Waals surface area contributed by atoms with Crippen LogP contribution in [0.3, 0.4) is 0 Å². The molecule has 1 atom stereocenters. The van der Waals surface area contributed by atoms with Crippen LogP contribution in [0.4, 0.5) is 5.69 Å². The first-order valence-electron chi connectivity index (χ1n) is 8.78. The number of nitrogens with one attached hydrogen (secondary N) is 1. The lowest BCUT2D eigenvalue weighted by Crippen LogP contribution is -2.36. The second-order valence-corrected chi connectivity index (χ2v) is 6.87. The molecule has 2 amide bonds. The van der Waals surface area contributed by atoms with E-state index in [1.807, 2.05) is 25.1 Å². The van der Waals surface area contributed by atoms with E-state index in [1.54, 1.807) is 11.0 Å². The van der Waals surface area contributed by atoms with E-state index in [-0.39, 0.29) is 24.5 Å². The molecule has 0 bridgehead atoms. The fraction of sp³-hybridized carbons (Fsp3) is 0.579. The summed E-state index contributed by atoms with van der Waals surface area (Å²) in [6.45, 7) is 7.10. The minimum atomic E-state index is -0.117. The standard InChI is InChI=1S/C19H28N2O3/c1-14(2)9-10-15(3)20-18(22)13-24-17-7-4-6-16(12-17)21-11-5-8-19(21)23/h4,6-7,12,14-15H,5,8-11,13H2,1-3H3,(H,20,22). The van der Waals surface area contributed by atoms with Gasteiger partial charge in [-0.25, -0.2) is 0 Å². The smallest absolute Gasteiger partial charge is 0.258 e. The monoisotopic (exact) mass is 332 g/mol. The lowest BCUT2D eigenvalue weighted by Gasteiger charge is -2.17. The van der Waals surface area contributed by atoms with Crippen LogP contribution in [0.25, 0.3) is 0 Å². The molecule has 2 rings (SSSR count). The van der Waals surface area contributed by atoms with Crippen LogP contribution in [0.15, 0.2) is 24.3 Å². The third-order valence-electron chi connectivity index (χ3n) is 4.16. The zero-order chi connectivity index (χ0) is 17.5. The number of amides is 2. The number of hydrogen-bond acceptors (Lipinski definition) is 3. The van der Waals surface area contributed by atoms with Crippen LogP contribution >= 0.6 is 0 Å². The fourth-order valence-electron chi connectivity index (χ4n) is 2.78. The number of carbonyl (C=O) groups is 2. The second-order valence-electron chi connectivity index (χ2n) is 6.87. The molecule has 1 N–H and O–H groups in total. The first kappa shape index (κ1) is 18.3. The van der Waals surface area contributed by atoms with Crippen molar-refractivity contribution in [2.45, 2.75) is 52.5 Å². The predicted octanol–water partition coefficient (Wildman–Crippen LogP) is 3.13. The van der Waals surface area contributed by atoms with Crippen molar-refractivity contribution in [2.24, 2.45) is 5.92 Å². The molecule has 5 nitrogen and oxygen atoms in total. The molecule has 0 spiro atoms. The molecule has 132 valence electrons. The van der Waals surface area contributed by atoms with Gasteiger partial charge in [0.2, 0.25) is 5.91 Å². The van der Waals surface area contributed by atoms with E-state index in [4.69, 9.17) is 4.74 Å². The molecule has 1 aliphatic rings. The molecule has 5 heteroatoms. The van der Waals surface area contributed by atoms with Crippen molar-refractivity contribution < 1.29 is 14.3 Å². The van der Waals surface area contributed by atoms with Gasteiger partial charge in [0, 0.05) is 30.8 Å². The van der Waals surface area contributed by atoms with E-state index in [9.17, 15) is 9.59 Å². The minimum Gasteiger partial charge on any atom is -0.484 e. The largest absolute Gasteiger partial charge is 0.484 e. The minimum absolute atomic E-state index is 0.0105. The van der Waals surface area contributed by atoms with Gasteiger partial charge in [-0.15, -0.1) is 0 Å². The van der Waals surface area contributed by atoms with Crippen molar-refractivity contribution in [1.29, 1.82) is 0 Å². The van der Waals surface area contributed by atoms with Gasteiger partial charge < -0.3 is 15.0 Å². The summed E-state index contributed by atoms with van der Waals surface area (Å²) >= 11 is 0. The van der Waals surface area contributed by atoms with E-state index < -0.39 is 0 Å². The number of nitrogens with zero attached hydrogens (tertiary/aromatic N) is 1. The lowest BCUT2D eigenvalue weighted by atomic mass is 10.0. The first-order valence-corrected chi connectivity index (χ1v) is 8.78. The highest BCUT2D eigenvalue weighted by Gasteiger charge is 2.21. The maximum atomic E-state index is 12.0. The third-order valence-corrected chi connectivity index (χ3v) is 4.16. The molecule has 1 heterocycles. The SMILES string of the molecule is CC(C)CCC(C)NC(=O)COc1cccc(N2CCCC2=O)c1. The average molecular weight is 332 g/mol. The topological polar surface area (TPSA) is 58.6 Å². The molecule has 0 aromatic heterocycles. The highest BCUT2D eigenvalue weighted by molar-refractivity contribution is 5.95. The van der Waals surface area contributed by atoms with Gasteiger partial charge in [-0.1, -0.05) is 19.9 Å². The number of anilines is 1. The Morgan fingerprint density at radius 3 is 2.75 bits per heavy atom. The fourth-order valence-corrected chi connectivity index (χ4v) is 2.78. The number of benzene rings is 1. The molecule has 0 radical (unpaired) electrons. The molecular weight excluding hydrogens is 304 g/mol. The normalized spacial score (nSPS) is 15.7. The quantitative estimate of drug-likeness (QED) is 0.795. The third kappa shape index (κ3) is 5.55. The van der Waals surface area contributed by atoms with E-state index in [0.717, 1.165) is 31.5 Å². The summed E-state index contributed by atoms with van der Waals surface area (Å²) in [5.41, 5.74) is 0.834. The molecule has 1 unspecified atom stereocenters. The van der Waals surface area contributed by atoms with Gasteiger partial charge in [-0.2, -0.15) is 0 Å². The summed E-state index contributed by atoms with van der Waals surface area (Å²) in [4.78, 5) is 25.5. The Balaban J connectivity index is 1.81. The summed E-state index contributed by atoms with van der Waals surface area (Å²) in [5.74, 6) is 1.27. The number of hydrogen-bond donors (Lipinski definition) is 1. The summed E-state index contributed by atoms with van der Waals surface area (Å²) in [6, 6.07) is 7.51. The highest BCUT2D eigenvalue weighted by Crippen LogP contribution is 2.25. The summed E-state index contributed by atoms with van der Waals surface area (Å²) < 4.78 is 5.58. The van der Waals surface area contributed by atoms with Crippen molar-refractivity contribution in [3.05, 3.63) is 24.3 Å². The van der Waals surface area contributed by atoms with Crippen LogP contribution in [-0.4, -0.2) is 31.0 Å². The van der Waals surface area contributed by atoms with E-state index >= 15 is 0 Å². The zero-order valence-electron chi connectivity index (χ0n) is 14.9. The number of ether oxygens (including phenoxy) is 1. The Morgan fingerprint density at radius 1 is 1.29 bits per heavy atom. The van der Waals surface area contributed by atoms with Gasteiger partial charge in [0.1, 0.15) is 5.75 Å². The van der Waals surface area contributed by atoms with Gasteiger partial charge >= 0.3 is 0 Å². The van der Waals surface area contributed by atoms with Crippen molar-refractivity contribution in [2.75, 3.05) is 18.1 Å². The molecule has 1 saturated heterocycles. The molecule has 1 aliphatic heterocycles. The van der Waals surface area contributed by atoms with E-state index in [1.165, 1.54) is 0 Å². The van der Waals surface area contributed by atoms with Crippen LogP contribution in [-0.2, 0) is 9.59 Å². The summed E-state index contributed by atoms with van der Waals surface area (Å²) in [7, 11) is 0. The summed E-state index contributed by atoms with van der Waals surface area (Å²) in [5, 5.41) is 2.95. The van der Waals surface area contributed by atoms with E-state index in [0.29, 0.717) is 18.1 Å². The van der Waals surface area contributed by atoms with Crippen LogP contribution < -0.4 is 15.0 Å². The molecule has 1 aromatic rings.